The van der Waals surface area contributed by atoms with Crippen molar-refractivity contribution in [1.29, 1.82) is 0 Å². The minimum Gasteiger partial charge on any atom is -0.477 e. The summed E-state index contributed by atoms with van der Waals surface area (Å²) in [5.74, 6) is -6.40. The highest BCUT2D eigenvalue weighted by atomic mass is 16.7. The normalized spacial score (nSPS) is 15.8. The van der Waals surface area contributed by atoms with Gasteiger partial charge in [-0.25, -0.2) is 24.7 Å². The number of rotatable bonds is 5. The molecule has 49 heavy (non-hydrogen) atoms. The molecule has 1 atom stereocenters. The van der Waals surface area contributed by atoms with Gasteiger partial charge in [-0.1, -0.05) is 12.1 Å². The largest absolute Gasteiger partial charge is 0.477 e. The van der Waals surface area contributed by atoms with Crippen molar-refractivity contribution in [2.24, 2.45) is 0 Å². The molecule has 3 aliphatic rings. The van der Waals surface area contributed by atoms with Crippen LogP contribution in [0.5, 0.6) is 0 Å². The van der Waals surface area contributed by atoms with Gasteiger partial charge >= 0.3 is 29.1 Å². The van der Waals surface area contributed by atoms with Crippen LogP contribution < -0.4 is 0 Å². The van der Waals surface area contributed by atoms with Gasteiger partial charge in [0, 0.05) is 15.4 Å². The molecule has 5 aromatic rings. The van der Waals surface area contributed by atoms with Crippen LogP contribution in [0.15, 0.2) is 30.3 Å². The summed E-state index contributed by atoms with van der Waals surface area (Å²) in [4.78, 5) is 82.5. The molecule has 0 spiro atoms. The SMILES string of the molecule is O=C(O)c1ccc2c(n1)-c1nc3nc4c(cc3cc1CC2)CCc1cc2c(nc1-4)C(=O)C(c1nc([N+](=O)[O-])c([N+](=O)[O-])c([N+](=O)[O-])n1)CC2. The monoisotopic (exact) mass is 661 g/mol. The van der Waals surface area contributed by atoms with Gasteiger partial charge in [0.05, 0.1) is 27.7 Å². The summed E-state index contributed by atoms with van der Waals surface area (Å²) in [6.07, 6.45) is 2.96. The molecule has 242 valence electrons. The van der Waals surface area contributed by atoms with Gasteiger partial charge in [-0.2, -0.15) is 0 Å². The maximum absolute atomic E-state index is 13.9. The Morgan fingerprint density at radius 3 is 1.76 bits per heavy atom. The summed E-state index contributed by atoms with van der Waals surface area (Å²) < 4.78 is 0. The Balaban J connectivity index is 1.22. The van der Waals surface area contributed by atoms with E-state index in [1.54, 1.807) is 6.07 Å². The summed E-state index contributed by atoms with van der Waals surface area (Å²) in [7, 11) is 0. The first-order valence-corrected chi connectivity index (χ1v) is 15.0. The van der Waals surface area contributed by atoms with Gasteiger partial charge in [-0.15, -0.1) is 0 Å². The van der Waals surface area contributed by atoms with E-state index in [9.17, 15) is 45.0 Å². The molecule has 1 N–H and O–H groups in total. The molecule has 1 unspecified atom stereocenters. The molecule has 0 saturated carbocycles. The number of hydrogen-bond donors (Lipinski definition) is 1. The number of carboxylic acid groups (broad SMARTS) is 1. The van der Waals surface area contributed by atoms with Gasteiger partial charge in [-0.05, 0) is 94.4 Å². The van der Waals surface area contributed by atoms with Crippen molar-refractivity contribution in [3.05, 3.63) is 106 Å². The lowest BCUT2D eigenvalue weighted by Gasteiger charge is -2.24. The quantitative estimate of drug-likeness (QED) is 0.205. The number of fused-ring (bicyclic) bond motifs is 8. The second-order valence-electron chi connectivity index (χ2n) is 11.9. The van der Waals surface area contributed by atoms with Crippen molar-refractivity contribution < 1.29 is 29.5 Å². The zero-order valence-electron chi connectivity index (χ0n) is 24.9. The fourth-order valence-corrected chi connectivity index (χ4v) is 6.80. The van der Waals surface area contributed by atoms with Crippen LogP contribution in [-0.2, 0) is 32.1 Å². The smallest absolute Gasteiger partial charge is 0.462 e. The van der Waals surface area contributed by atoms with Crippen LogP contribution in [-0.4, -0.2) is 61.5 Å². The molecular formula is C31H19N9O9. The molecule has 3 aliphatic carbocycles. The Bertz CT molecular complexity index is 2380. The third-order valence-corrected chi connectivity index (χ3v) is 9.07. The zero-order chi connectivity index (χ0) is 34.3. The first kappa shape index (κ1) is 29.7. The number of Topliss-reactive ketones (excluding diaryl/α,β-unsaturated/α-hetero) is 1. The average molecular weight is 662 g/mol. The number of hydrogen-bond acceptors (Lipinski definition) is 14. The van der Waals surface area contributed by atoms with E-state index in [4.69, 9.17) is 15.0 Å². The van der Waals surface area contributed by atoms with Crippen molar-refractivity contribution in [1.82, 2.24) is 29.9 Å². The third kappa shape index (κ3) is 4.63. The molecule has 0 radical (unpaired) electrons. The van der Waals surface area contributed by atoms with Crippen LogP contribution in [0.1, 0.15) is 67.0 Å². The minimum atomic E-state index is -1.47. The van der Waals surface area contributed by atoms with Crippen molar-refractivity contribution >= 4 is 40.1 Å². The Morgan fingerprint density at radius 1 is 0.653 bits per heavy atom. The van der Waals surface area contributed by atoms with E-state index in [0.717, 1.165) is 27.6 Å². The Kier molecular flexibility index (Phi) is 6.45. The molecule has 0 bridgehead atoms. The molecule has 18 nitrogen and oxygen atoms in total. The van der Waals surface area contributed by atoms with Crippen LogP contribution in [0.4, 0.5) is 17.3 Å². The van der Waals surface area contributed by atoms with Crippen LogP contribution in [0.3, 0.4) is 0 Å². The van der Waals surface area contributed by atoms with Crippen LogP contribution in [0.25, 0.3) is 33.8 Å². The summed E-state index contributed by atoms with van der Waals surface area (Å²) in [6, 6.07) is 9.02. The molecule has 18 heteroatoms. The number of carbonyl (C=O) groups is 2. The second-order valence-corrected chi connectivity index (χ2v) is 11.9. The summed E-state index contributed by atoms with van der Waals surface area (Å²) in [5, 5.41) is 45.0. The van der Waals surface area contributed by atoms with Crippen molar-refractivity contribution in [3.63, 3.8) is 0 Å². The summed E-state index contributed by atoms with van der Waals surface area (Å²) in [5.41, 5.74) is 4.93. The number of aromatic carboxylic acids is 1. The number of nitrogens with zero attached hydrogens (tertiary/aromatic N) is 9. The topological polar surface area (TPSA) is 261 Å². The van der Waals surface area contributed by atoms with E-state index in [2.05, 4.69) is 15.0 Å². The molecule has 0 aliphatic heterocycles. The maximum atomic E-state index is 13.9. The van der Waals surface area contributed by atoms with Gasteiger partial charge in [-0.3, -0.25) is 14.9 Å². The van der Waals surface area contributed by atoms with Gasteiger partial charge in [0.15, 0.2) is 11.4 Å². The van der Waals surface area contributed by atoms with E-state index in [0.29, 0.717) is 59.7 Å². The molecule has 8 rings (SSSR count). The fourth-order valence-electron chi connectivity index (χ4n) is 6.80. The standard InChI is InChI=1S/C31H19N9O9/c41-26-18(28-36-29(39(46)47)25(38(44)45)30(37-28)40(48)49)7-5-16-9-13-3-4-15-11-17-10-14-2-1-12-6-8-19(31(42)43)32-20(12)22(14)34-27(17)35-23(15)21(13)33-24(16)26/h6,8-11,18H,1-5,7H2,(H,42,43). The van der Waals surface area contributed by atoms with Gasteiger partial charge in [0.25, 0.3) is 0 Å². The molecule has 0 fully saturated rings. The van der Waals surface area contributed by atoms with E-state index in [1.807, 2.05) is 18.2 Å². The van der Waals surface area contributed by atoms with Gasteiger partial charge < -0.3 is 25.3 Å². The maximum Gasteiger partial charge on any atom is 0.462 e. The molecule has 5 aromatic heterocycles. The highest BCUT2D eigenvalue weighted by molar-refractivity contribution is 6.02. The lowest BCUT2D eigenvalue weighted by atomic mass is 9.82. The minimum absolute atomic E-state index is 0.0229. The van der Waals surface area contributed by atoms with E-state index >= 15 is 0 Å². The number of carboxylic acids is 1. The Hall–Kier alpha value is -6.72. The first-order valence-electron chi connectivity index (χ1n) is 15.0. The number of aryl methyl sites for hydroxylation is 5. The second kappa shape index (κ2) is 10.7. The Morgan fingerprint density at radius 2 is 1.18 bits per heavy atom. The highest BCUT2D eigenvalue weighted by Crippen LogP contribution is 2.41. The number of ketones is 1. The number of aromatic nitrogens is 6. The van der Waals surface area contributed by atoms with Crippen LogP contribution in [0.2, 0.25) is 0 Å². The fraction of sp³-hybridized carbons (Fsp3) is 0.226. The van der Waals surface area contributed by atoms with Crippen LogP contribution in [0, 0.1) is 30.3 Å². The third-order valence-electron chi connectivity index (χ3n) is 9.07. The van der Waals surface area contributed by atoms with Crippen molar-refractivity contribution in [2.45, 2.75) is 44.4 Å². The van der Waals surface area contributed by atoms with Gasteiger partial charge in [0.1, 0.15) is 17.3 Å². The molecule has 0 saturated heterocycles. The number of nitro groups is 3. The summed E-state index contributed by atoms with van der Waals surface area (Å²) in [6.45, 7) is 0. The van der Waals surface area contributed by atoms with E-state index < -0.39 is 55.6 Å². The Labute approximate surface area is 272 Å². The first-order chi connectivity index (χ1) is 23.5. The van der Waals surface area contributed by atoms with E-state index in [-0.39, 0.29) is 24.2 Å². The van der Waals surface area contributed by atoms with Crippen molar-refractivity contribution in [3.8, 4) is 22.8 Å². The van der Waals surface area contributed by atoms with E-state index in [1.165, 1.54) is 6.07 Å². The van der Waals surface area contributed by atoms with Crippen LogP contribution >= 0.6 is 0 Å². The zero-order valence-corrected chi connectivity index (χ0v) is 24.9. The average Bonchev–Trinajstić information content (AvgIpc) is 3.08. The van der Waals surface area contributed by atoms with Crippen molar-refractivity contribution in [2.75, 3.05) is 0 Å². The summed E-state index contributed by atoms with van der Waals surface area (Å²) >= 11 is 0. The molecular weight excluding hydrogens is 642 g/mol. The lowest BCUT2D eigenvalue weighted by Crippen LogP contribution is -2.26. The molecule has 0 amide bonds. The lowest BCUT2D eigenvalue weighted by molar-refractivity contribution is -0.445. The molecule has 0 aromatic carbocycles. The highest BCUT2D eigenvalue weighted by Gasteiger charge is 2.47. The molecule has 5 heterocycles. The predicted molar refractivity (Wildman–Crippen MR) is 165 cm³/mol. The number of carbonyl (C=O) groups excluding carboxylic acids is 1. The predicted octanol–water partition coefficient (Wildman–Crippen LogP) is 4.08. The van der Waals surface area contributed by atoms with Gasteiger partial charge in [0.2, 0.25) is 0 Å². The number of pyridine rings is 4.